The Bertz CT molecular complexity index is 1230. The summed E-state index contributed by atoms with van der Waals surface area (Å²) in [5.41, 5.74) is 8.64. The molecule has 2 aliphatic rings. The number of aryl methyl sites for hydroxylation is 1. The van der Waals surface area contributed by atoms with E-state index in [-0.39, 0.29) is 18.4 Å². The second kappa shape index (κ2) is 11.6. The minimum absolute atomic E-state index is 0.187. The van der Waals surface area contributed by atoms with Crippen molar-refractivity contribution in [3.8, 4) is 0 Å². The first-order valence-corrected chi connectivity index (χ1v) is 13.4. The number of nitrogens with zero attached hydrogens (tertiary/aromatic N) is 4. The van der Waals surface area contributed by atoms with Gasteiger partial charge >= 0.3 is 6.03 Å². The molecular formula is C27H37N7O4. The monoisotopic (exact) mass is 523 g/mol. The first kappa shape index (κ1) is 26.4. The number of amides is 2. The van der Waals surface area contributed by atoms with Crippen LogP contribution in [0, 0.1) is 0 Å². The maximum Gasteiger partial charge on any atom is 0.319 e. The number of aromatic nitrogens is 3. The van der Waals surface area contributed by atoms with Crippen LogP contribution in [-0.4, -0.2) is 74.7 Å². The number of urea groups is 1. The van der Waals surface area contributed by atoms with Crippen LogP contribution in [0.15, 0.2) is 42.9 Å². The Morgan fingerprint density at radius 3 is 2.79 bits per heavy atom. The molecule has 4 heterocycles. The molecule has 0 saturated carbocycles. The molecule has 5 N–H and O–H groups in total. The quantitative estimate of drug-likeness (QED) is 0.314. The summed E-state index contributed by atoms with van der Waals surface area (Å²) < 4.78 is 14.2. The van der Waals surface area contributed by atoms with Crippen molar-refractivity contribution in [1.82, 2.24) is 24.8 Å². The lowest BCUT2D eigenvalue weighted by Crippen LogP contribution is -2.54. The van der Waals surface area contributed by atoms with E-state index in [1.807, 2.05) is 25.1 Å². The van der Waals surface area contributed by atoms with Crippen molar-refractivity contribution in [3.63, 3.8) is 0 Å². The molecule has 5 rings (SSSR count). The van der Waals surface area contributed by atoms with Gasteiger partial charge in [-0.15, -0.1) is 0 Å². The highest BCUT2D eigenvalue weighted by Gasteiger charge is 2.50. The normalized spacial score (nSPS) is 25.4. The van der Waals surface area contributed by atoms with E-state index in [4.69, 9.17) is 15.2 Å². The molecule has 11 heteroatoms. The van der Waals surface area contributed by atoms with Crippen LogP contribution >= 0.6 is 0 Å². The Balaban J connectivity index is 1.09. The van der Waals surface area contributed by atoms with Crippen molar-refractivity contribution in [3.05, 3.63) is 48.4 Å². The Morgan fingerprint density at radius 1 is 1.18 bits per heavy atom. The van der Waals surface area contributed by atoms with Gasteiger partial charge in [-0.3, -0.25) is 4.90 Å². The van der Waals surface area contributed by atoms with Crippen LogP contribution < -0.4 is 16.4 Å². The number of nitrogen functional groups attached to an aromatic ring is 1. The van der Waals surface area contributed by atoms with Gasteiger partial charge in [-0.05, 0) is 49.9 Å². The van der Waals surface area contributed by atoms with Crippen molar-refractivity contribution in [2.24, 2.45) is 0 Å². The number of hydrogen-bond donors (Lipinski definition) is 4. The van der Waals surface area contributed by atoms with E-state index in [0.717, 1.165) is 36.9 Å². The van der Waals surface area contributed by atoms with E-state index in [9.17, 15) is 9.90 Å². The number of hydrogen-bond acceptors (Lipinski definition) is 8. The minimum Gasteiger partial charge on any atom is -0.386 e. The molecule has 2 fully saturated rings. The molecule has 0 spiro atoms. The number of rotatable bonds is 9. The molecule has 204 valence electrons. The average Bonchev–Trinajstić information content (AvgIpc) is 3.48. The topological polar surface area (TPSA) is 140 Å². The summed E-state index contributed by atoms with van der Waals surface area (Å²) in [5.74, 6) is 0.386. The van der Waals surface area contributed by atoms with Crippen molar-refractivity contribution in [2.75, 3.05) is 30.7 Å². The van der Waals surface area contributed by atoms with Crippen molar-refractivity contribution in [2.45, 2.75) is 70.3 Å². The van der Waals surface area contributed by atoms with Gasteiger partial charge in [-0.1, -0.05) is 25.5 Å². The Morgan fingerprint density at radius 2 is 2.00 bits per heavy atom. The molecule has 2 saturated heterocycles. The third kappa shape index (κ3) is 5.60. The van der Waals surface area contributed by atoms with Gasteiger partial charge in [-0.25, -0.2) is 14.8 Å². The molecule has 5 unspecified atom stereocenters. The van der Waals surface area contributed by atoms with Crippen LogP contribution in [0.3, 0.4) is 0 Å². The van der Waals surface area contributed by atoms with Gasteiger partial charge < -0.3 is 35.5 Å². The lowest BCUT2D eigenvalue weighted by Gasteiger charge is -2.39. The molecule has 38 heavy (non-hydrogen) atoms. The largest absolute Gasteiger partial charge is 0.386 e. The van der Waals surface area contributed by atoms with E-state index in [1.165, 1.54) is 18.3 Å². The minimum atomic E-state index is -0.845. The van der Waals surface area contributed by atoms with E-state index >= 15 is 0 Å². The van der Waals surface area contributed by atoms with Crippen LogP contribution in [-0.2, 0) is 15.9 Å². The fraction of sp³-hybridized carbons (Fsp3) is 0.519. The molecule has 0 aliphatic carbocycles. The number of ether oxygens (including phenoxy) is 2. The van der Waals surface area contributed by atoms with Gasteiger partial charge in [0, 0.05) is 31.5 Å². The Kier molecular flexibility index (Phi) is 8.08. The summed E-state index contributed by atoms with van der Waals surface area (Å²) in [7, 11) is 0. The molecule has 5 atom stereocenters. The molecule has 11 nitrogen and oxygen atoms in total. The zero-order valence-electron chi connectivity index (χ0n) is 21.9. The summed E-state index contributed by atoms with van der Waals surface area (Å²) in [6, 6.07) is 9.60. The number of fused-ring (bicyclic) bond motifs is 2. The number of anilines is 2. The van der Waals surface area contributed by atoms with E-state index < -0.39 is 18.4 Å². The van der Waals surface area contributed by atoms with Crippen LogP contribution in [0.25, 0.3) is 11.0 Å². The molecule has 0 radical (unpaired) electrons. The fourth-order valence-electron chi connectivity index (χ4n) is 5.22. The first-order chi connectivity index (χ1) is 18.4. The van der Waals surface area contributed by atoms with Crippen molar-refractivity contribution < 1.29 is 19.4 Å². The van der Waals surface area contributed by atoms with Crippen LogP contribution in [0.2, 0.25) is 0 Å². The number of unbranched alkanes of at least 4 members (excludes halogenated alkanes) is 1. The summed E-state index contributed by atoms with van der Waals surface area (Å²) >= 11 is 0. The zero-order chi connectivity index (χ0) is 26.6. The predicted molar refractivity (Wildman–Crippen MR) is 144 cm³/mol. The molecule has 2 aliphatic heterocycles. The van der Waals surface area contributed by atoms with Gasteiger partial charge in [0.15, 0.2) is 6.23 Å². The third-order valence-corrected chi connectivity index (χ3v) is 7.34. The van der Waals surface area contributed by atoms with E-state index in [1.54, 1.807) is 10.8 Å². The number of carbonyl (C=O) groups excluding carboxylic acids is 1. The summed E-state index contributed by atoms with van der Waals surface area (Å²) in [6.07, 6.45) is 4.95. The second-order valence-electron chi connectivity index (χ2n) is 10.0. The van der Waals surface area contributed by atoms with Gasteiger partial charge in [0.05, 0.1) is 5.39 Å². The SMILES string of the molecule is CCCCc1ccc(NC(=O)NCCCN2CC3OC(n4ccc5c(N)ncnc54)C(O)C3OC2C)cc1. The number of nitrogens with one attached hydrogen (secondary N) is 2. The lowest BCUT2D eigenvalue weighted by atomic mass is 10.1. The van der Waals surface area contributed by atoms with Crippen LogP contribution in [0.5, 0.6) is 0 Å². The molecule has 2 amide bonds. The van der Waals surface area contributed by atoms with E-state index in [0.29, 0.717) is 24.6 Å². The third-order valence-electron chi connectivity index (χ3n) is 7.34. The van der Waals surface area contributed by atoms with Crippen molar-refractivity contribution >= 4 is 28.6 Å². The predicted octanol–water partition coefficient (Wildman–Crippen LogP) is 2.87. The molecule has 3 aromatic rings. The number of carbonyl (C=O) groups is 1. The number of nitrogens with two attached hydrogens (primary N) is 1. The second-order valence-corrected chi connectivity index (χ2v) is 10.0. The molecule has 2 aromatic heterocycles. The smallest absolute Gasteiger partial charge is 0.319 e. The van der Waals surface area contributed by atoms with Gasteiger partial charge in [0.2, 0.25) is 0 Å². The van der Waals surface area contributed by atoms with Gasteiger partial charge in [0.1, 0.15) is 42.3 Å². The summed E-state index contributed by atoms with van der Waals surface area (Å²) in [6.45, 7) is 6.02. The lowest BCUT2D eigenvalue weighted by molar-refractivity contribution is -0.176. The highest BCUT2D eigenvalue weighted by Crippen LogP contribution is 2.37. The van der Waals surface area contributed by atoms with Gasteiger partial charge in [0.25, 0.3) is 0 Å². The highest BCUT2D eigenvalue weighted by atomic mass is 16.6. The molecule has 1 aromatic carbocycles. The number of aliphatic hydroxyl groups is 1. The Labute approximate surface area is 222 Å². The summed E-state index contributed by atoms with van der Waals surface area (Å²) in [5, 5.41) is 17.5. The molecule has 0 bridgehead atoms. The van der Waals surface area contributed by atoms with Crippen LogP contribution in [0.1, 0.15) is 44.9 Å². The van der Waals surface area contributed by atoms with Crippen LogP contribution in [0.4, 0.5) is 16.3 Å². The highest BCUT2D eigenvalue weighted by molar-refractivity contribution is 5.89. The van der Waals surface area contributed by atoms with Crippen molar-refractivity contribution in [1.29, 1.82) is 0 Å². The maximum absolute atomic E-state index is 12.3. The Hall–Kier alpha value is -3.25. The fourth-order valence-corrected chi connectivity index (χ4v) is 5.22. The number of aliphatic hydroxyl groups excluding tert-OH is 1. The first-order valence-electron chi connectivity index (χ1n) is 13.4. The van der Waals surface area contributed by atoms with E-state index in [2.05, 4.69) is 44.6 Å². The zero-order valence-corrected chi connectivity index (χ0v) is 21.9. The summed E-state index contributed by atoms with van der Waals surface area (Å²) in [4.78, 5) is 22.8. The average molecular weight is 524 g/mol. The van der Waals surface area contributed by atoms with Gasteiger partial charge in [-0.2, -0.15) is 0 Å². The maximum atomic E-state index is 12.3. The number of benzene rings is 1. The standard InChI is InChI=1S/C27H37N7O4/c1-3-4-6-18-7-9-19(10-8-18)32-27(36)29-12-5-13-33-15-21-23(37-17(33)2)22(35)26(38-21)34-14-11-20-24(28)30-16-31-25(20)34/h7-11,14,16-17,21-23,26,35H,3-6,12-13,15H2,1-2H3,(H2,28,30,31)(H2,29,32,36). The molecular weight excluding hydrogens is 486 g/mol.